The Bertz CT molecular complexity index is 959. The zero-order chi connectivity index (χ0) is 17.3. The summed E-state index contributed by atoms with van der Waals surface area (Å²) in [5.74, 6) is 0.472. The van der Waals surface area contributed by atoms with Gasteiger partial charge in [-0.2, -0.15) is 4.31 Å². The second kappa shape index (κ2) is 6.61. The van der Waals surface area contributed by atoms with Crippen LogP contribution in [0.15, 0.2) is 65.8 Å². The number of rotatable bonds is 4. The first-order chi connectivity index (χ1) is 12.1. The Balaban J connectivity index is 1.43. The molecule has 4 rings (SSSR count). The van der Waals surface area contributed by atoms with Gasteiger partial charge in [-0.1, -0.05) is 30.3 Å². The molecule has 1 aliphatic rings. The standard InChI is InChI=1S/C19H21N3O2S/c23-25(24,17-6-2-1-3-7-17)22-12-10-16(11-13-22)14-21-15-20-18-8-4-5-9-19(18)21/h1-9,15-16H,10-14H2. The molecule has 1 fully saturated rings. The number of nitrogens with zero attached hydrogens (tertiary/aromatic N) is 3. The minimum Gasteiger partial charge on any atom is -0.330 e. The number of fused-ring (bicyclic) bond motifs is 1. The molecule has 2 aromatic carbocycles. The summed E-state index contributed by atoms with van der Waals surface area (Å²) in [6.45, 7) is 2.04. The molecule has 25 heavy (non-hydrogen) atoms. The Morgan fingerprint density at radius 1 is 0.960 bits per heavy atom. The van der Waals surface area contributed by atoms with Crippen molar-refractivity contribution in [1.82, 2.24) is 13.9 Å². The molecule has 0 bridgehead atoms. The van der Waals surface area contributed by atoms with E-state index in [4.69, 9.17) is 0 Å². The molecule has 3 aromatic rings. The Hall–Kier alpha value is -2.18. The molecule has 130 valence electrons. The van der Waals surface area contributed by atoms with Crippen LogP contribution in [-0.4, -0.2) is 35.4 Å². The molecule has 1 aliphatic heterocycles. The van der Waals surface area contributed by atoms with E-state index in [-0.39, 0.29) is 0 Å². The van der Waals surface area contributed by atoms with Crippen molar-refractivity contribution in [2.75, 3.05) is 13.1 Å². The molecule has 0 aliphatic carbocycles. The number of imidazole rings is 1. The maximum Gasteiger partial charge on any atom is 0.243 e. The van der Waals surface area contributed by atoms with Gasteiger partial charge >= 0.3 is 0 Å². The molecule has 1 saturated heterocycles. The lowest BCUT2D eigenvalue weighted by Gasteiger charge is -2.31. The highest BCUT2D eigenvalue weighted by atomic mass is 32.2. The summed E-state index contributed by atoms with van der Waals surface area (Å²) in [7, 11) is -3.37. The molecule has 0 spiro atoms. The predicted octanol–water partition coefficient (Wildman–Crippen LogP) is 3.14. The maximum atomic E-state index is 12.7. The number of hydrogen-bond acceptors (Lipinski definition) is 3. The molecule has 1 aromatic heterocycles. The third-order valence-corrected chi connectivity index (χ3v) is 6.85. The number of hydrogen-bond donors (Lipinski definition) is 0. The highest BCUT2D eigenvalue weighted by Crippen LogP contribution is 2.25. The van der Waals surface area contributed by atoms with Gasteiger partial charge in [0.2, 0.25) is 10.0 Å². The molecule has 0 saturated carbocycles. The van der Waals surface area contributed by atoms with Crippen molar-refractivity contribution < 1.29 is 8.42 Å². The van der Waals surface area contributed by atoms with Gasteiger partial charge in [-0.15, -0.1) is 0 Å². The summed E-state index contributed by atoms with van der Waals surface area (Å²) in [6.07, 6.45) is 3.63. The molecule has 0 N–H and O–H groups in total. The van der Waals surface area contributed by atoms with Gasteiger partial charge in [0, 0.05) is 19.6 Å². The molecule has 6 heteroatoms. The lowest BCUT2D eigenvalue weighted by molar-refractivity contribution is 0.254. The molecule has 0 amide bonds. The molecular formula is C19H21N3O2S. The van der Waals surface area contributed by atoms with E-state index in [1.807, 2.05) is 30.6 Å². The van der Waals surface area contributed by atoms with Crippen LogP contribution in [0.4, 0.5) is 0 Å². The van der Waals surface area contributed by atoms with E-state index in [0.717, 1.165) is 30.4 Å². The van der Waals surface area contributed by atoms with Crippen LogP contribution >= 0.6 is 0 Å². The number of piperidine rings is 1. The van der Waals surface area contributed by atoms with Crippen molar-refractivity contribution in [3.63, 3.8) is 0 Å². The Morgan fingerprint density at radius 2 is 1.64 bits per heavy atom. The van der Waals surface area contributed by atoms with E-state index in [2.05, 4.69) is 15.6 Å². The predicted molar refractivity (Wildman–Crippen MR) is 97.7 cm³/mol. The second-order valence-corrected chi connectivity index (χ2v) is 8.48. The van der Waals surface area contributed by atoms with Crippen molar-refractivity contribution >= 4 is 21.1 Å². The fourth-order valence-electron chi connectivity index (χ4n) is 3.51. The van der Waals surface area contributed by atoms with E-state index >= 15 is 0 Å². The van der Waals surface area contributed by atoms with Crippen molar-refractivity contribution in [1.29, 1.82) is 0 Å². The van der Waals surface area contributed by atoms with E-state index in [1.54, 1.807) is 28.6 Å². The fraction of sp³-hybridized carbons (Fsp3) is 0.316. The van der Waals surface area contributed by atoms with Gasteiger partial charge in [-0.05, 0) is 43.0 Å². The summed E-state index contributed by atoms with van der Waals surface area (Å²) >= 11 is 0. The van der Waals surface area contributed by atoms with Gasteiger partial charge in [0.15, 0.2) is 0 Å². The minimum absolute atomic E-state index is 0.383. The van der Waals surface area contributed by atoms with Gasteiger partial charge < -0.3 is 4.57 Å². The quantitative estimate of drug-likeness (QED) is 0.722. The summed E-state index contributed by atoms with van der Waals surface area (Å²) in [5.41, 5.74) is 2.15. The first-order valence-corrected chi connectivity index (χ1v) is 10.0. The molecule has 0 atom stereocenters. The molecule has 5 nitrogen and oxygen atoms in total. The third kappa shape index (κ3) is 3.19. The number of aromatic nitrogens is 2. The zero-order valence-electron chi connectivity index (χ0n) is 14.0. The Labute approximate surface area is 148 Å². The summed E-state index contributed by atoms with van der Waals surface area (Å²) in [5, 5.41) is 0. The van der Waals surface area contributed by atoms with Crippen LogP contribution in [0.1, 0.15) is 12.8 Å². The number of para-hydroxylation sites is 2. The largest absolute Gasteiger partial charge is 0.330 e. The van der Waals surface area contributed by atoms with Gasteiger partial charge in [-0.25, -0.2) is 13.4 Å². The zero-order valence-corrected chi connectivity index (χ0v) is 14.8. The van der Waals surface area contributed by atoms with E-state index in [1.165, 1.54) is 0 Å². The molecule has 2 heterocycles. The summed E-state index contributed by atoms with van der Waals surface area (Å²) in [4.78, 5) is 4.82. The van der Waals surface area contributed by atoms with Crippen LogP contribution in [0.3, 0.4) is 0 Å². The second-order valence-electron chi connectivity index (χ2n) is 6.55. The van der Waals surface area contributed by atoms with Gasteiger partial charge in [0.05, 0.1) is 22.3 Å². The molecular weight excluding hydrogens is 334 g/mol. The smallest absolute Gasteiger partial charge is 0.243 e. The van der Waals surface area contributed by atoms with E-state index in [9.17, 15) is 8.42 Å². The van der Waals surface area contributed by atoms with Crippen molar-refractivity contribution in [2.24, 2.45) is 5.92 Å². The summed E-state index contributed by atoms with van der Waals surface area (Å²) < 4.78 is 29.2. The monoisotopic (exact) mass is 355 g/mol. The first kappa shape index (κ1) is 16.3. The highest BCUT2D eigenvalue weighted by Gasteiger charge is 2.29. The van der Waals surface area contributed by atoms with Crippen LogP contribution < -0.4 is 0 Å². The number of sulfonamides is 1. The fourth-order valence-corrected chi connectivity index (χ4v) is 5.00. The van der Waals surface area contributed by atoms with Crippen molar-refractivity contribution in [3.05, 3.63) is 60.9 Å². The van der Waals surface area contributed by atoms with Gasteiger partial charge in [0.25, 0.3) is 0 Å². The number of benzene rings is 2. The maximum absolute atomic E-state index is 12.7. The van der Waals surface area contributed by atoms with Gasteiger partial charge in [-0.3, -0.25) is 0 Å². The lowest BCUT2D eigenvalue weighted by Crippen LogP contribution is -2.39. The highest BCUT2D eigenvalue weighted by molar-refractivity contribution is 7.89. The van der Waals surface area contributed by atoms with Crippen molar-refractivity contribution in [3.8, 4) is 0 Å². The Morgan fingerprint density at radius 3 is 2.40 bits per heavy atom. The van der Waals surface area contributed by atoms with Crippen LogP contribution in [0.2, 0.25) is 0 Å². The summed E-state index contributed by atoms with van der Waals surface area (Å²) in [6, 6.07) is 16.8. The topological polar surface area (TPSA) is 55.2 Å². The van der Waals surface area contributed by atoms with Gasteiger partial charge in [0.1, 0.15) is 0 Å². The SMILES string of the molecule is O=S(=O)(c1ccccc1)N1CCC(Cn2cnc3ccccc32)CC1. The third-order valence-electron chi connectivity index (χ3n) is 4.94. The minimum atomic E-state index is -3.37. The molecule has 0 unspecified atom stereocenters. The average molecular weight is 355 g/mol. The van der Waals surface area contributed by atoms with Crippen molar-refractivity contribution in [2.45, 2.75) is 24.3 Å². The van der Waals surface area contributed by atoms with E-state index < -0.39 is 10.0 Å². The van der Waals surface area contributed by atoms with Crippen LogP contribution in [0, 0.1) is 5.92 Å². The van der Waals surface area contributed by atoms with Crippen LogP contribution in [-0.2, 0) is 16.6 Å². The van der Waals surface area contributed by atoms with Crippen LogP contribution in [0.25, 0.3) is 11.0 Å². The normalized spacial score (nSPS) is 17.1. The van der Waals surface area contributed by atoms with Crippen LogP contribution in [0.5, 0.6) is 0 Å². The lowest BCUT2D eigenvalue weighted by atomic mass is 9.98. The van der Waals surface area contributed by atoms with E-state index in [0.29, 0.717) is 23.9 Å². The average Bonchev–Trinajstić information content (AvgIpc) is 3.06. The Kier molecular flexibility index (Phi) is 4.31. The first-order valence-electron chi connectivity index (χ1n) is 8.60. The molecule has 0 radical (unpaired) electrons.